The number of hydrogen-bond donors (Lipinski definition) is 1. The lowest BCUT2D eigenvalue weighted by Gasteiger charge is -2.36. The normalized spacial score (nSPS) is 25.9. The van der Waals surface area contributed by atoms with Crippen molar-refractivity contribution in [2.24, 2.45) is 0 Å². The molecule has 1 N–H and O–H groups in total. The van der Waals surface area contributed by atoms with Crippen LogP contribution in [0.3, 0.4) is 0 Å². The third-order valence-electron chi connectivity index (χ3n) is 6.10. The molecule has 0 amide bonds. The van der Waals surface area contributed by atoms with Gasteiger partial charge in [-0.3, -0.25) is 14.7 Å². The minimum Gasteiger partial charge on any atom is -0.387 e. The fourth-order valence-corrected chi connectivity index (χ4v) is 4.51. The maximum Gasteiger partial charge on any atom is 0.195 e. The number of nitrogens with zero attached hydrogens (tertiary/aromatic N) is 2. The second kappa shape index (κ2) is 8.69. The molecule has 6 heteroatoms. The molecule has 3 atom stereocenters. The highest BCUT2D eigenvalue weighted by atomic mass is 19.1. The number of aliphatic hydroxyl groups is 1. The molecule has 2 aromatic rings. The average Bonchev–Trinajstić information content (AvgIpc) is 2.78. The first-order chi connectivity index (χ1) is 14.1. The van der Waals surface area contributed by atoms with Gasteiger partial charge < -0.3 is 9.84 Å². The van der Waals surface area contributed by atoms with Crippen molar-refractivity contribution in [1.82, 2.24) is 9.88 Å². The van der Waals surface area contributed by atoms with Gasteiger partial charge in [-0.15, -0.1) is 0 Å². The van der Waals surface area contributed by atoms with E-state index in [1.165, 1.54) is 6.20 Å². The summed E-state index contributed by atoms with van der Waals surface area (Å²) in [6, 6.07) is 13.3. The molecular formula is C23H27FN2O3. The van der Waals surface area contributed by atoms with Gasteiger partial charge in [-0.05, 0) is 30.9 Å². The van der Waals surface area contributed by atoms with Gasteiger partial charge in [0.15, 0.2) is 11.5 Å². The van der Waals surface area contributed by atoms with Crippen molar-refractivity contribution in [3.8, 4) is 0 Å². The van der Waals surface area contributed by atoms with Crippen molar-refractivity contribution in [1.29, 1.82) is 0 Å². The summed E-state index contributed by atoms with van der Waals surface area (Å²) in [4.78, 5) is 19.5. The molecule has 1 saturated heterocycles. The summed E-state index contributed by atoms with van der Waals surface area (Å²) in [5, 5.41) is 10.2. The van der Waals surface area contributed by atoms with Crippen LogP contribution >= 0.6 is 0 Å². The summed E-state index contributed by atoms with van der Waals surface area (Å²) in [7, 11) is 0. The number of benzene rings is 1. The number of ketones is 1. The summed E-state index contributed by atoms with van der Waals surface area (Å²) in [5.41, 5.74) is -0.417. The van der Waals surface area contributed by atoms with E-state index in [4.69, 9.17) is 4.74 Å². The first-order valence-electron chi connectivity index (χ1n) is 10.3. The second-order valence-corrected chi connectivity index (χ2v) is 7.83. The van der Waals surface area contributed by atoms with E-state index in [1.54, 1.807) is 12.1 Å². The maximum absolute atomic E-state index is 15.9. The van der Waals surface area contributed by atoms with Gasteiger partial charge in [0.1, 0.15) is 0 Å². The third-order valence-corrected chi connectivity index (χ3v) is 6.10. The van der Waals surface area contributed by atoms with Crippen LogP contribution in [0.25, 0.3) is 0 Å². The Morgan fingerprint density at radius 3 is 2.76 bits per heavy atom. The molecule has 29 heavy (non-hydrogen) atoms. The van der Waals surface area contributed by atoms with Gasteiger partial charge in [0.05, 0.1) is 25.0 Å². The summed E-state index contributed by atoms with van der Waals surface area (Å²) >= 11 is 0. The number of alkyl halides is 1. The highest BCUT2D eigenvalue weighted by molar-refractivity contribution is 5.89. The molecule has 1 unspecified atom stereocenters. The SMILES string of the molecule is O=C(CCC(c1ccccc1)N1CCOCC1)[C@]1(F)CC[C@H](O)c2ncccc21. The lowest BCUT2D eigenvalue weighted by molar-refractivity contribution is -0.133. The molecule has 1 aliphatic carbocycles. The molecular weight excluding hydrogens is 371 g/mol. The average molecular weight is 398 g/mol. The number of carbonyl (C=O) groups is 1. The Morgan fingerprint density at radius 1 is 1.24 bits per heavy atom. The number of halogens is 1. The predicted molar refractivity (Wildman–Crippen MR) is 107 cm³/mol. The monoisotopic (exact) mass is 398 g/mol. The Morgan fingerprint density at radius 2 is 2.00 bits per heavy atom. The fourth-order valence-electron chi connectivity index (χ4n) is 4.51. The number of aliphatic hydroxyl groups excluding tert-OH is 1. The van der Waals surface area contributed by atoms with Crippen molar-refractivity contribution in [2.45, 2.75) is 43.5 Å². The molecule has 2 heterocycles. The molecule has 0 radical (unpaired) electrons. The molecule has 0 spiro atoms. The van der Waals surface area contributed by atoms with E-state index < -0.39 is 17.6 Å². The van der Waals surface area contributed by atoms with Crippen LogP contribution < -0.4 is 0 Å². The van der Waals surface area contributed by atoms with Crippen LogP contribution in [0.4, 0.5) is 4.39 Å². The van der Waals surface area contributed by atoms with Gasteiger partial charge >= 0.3 is 0 Å². The minimum atomic E-state index is -2.07. The fraction of sp³-hybridized carbons (Fsp3) is 0.478. The Balaban J connectivity index is 1.53. The first kappa shape index (κ1) is 20.1. The number of hydrogen-bond acceptors (Lipinski definition) is 5. The van der Waals surface area contributed by atoms with Crippen LogP contribution in [-0.2, 0) is 15.2 Å². The molecule has 1 aromatic heterocycles. The zero-order chi connectivity index (χ0) is 20.3. The summed E-state index contributed by atoms with van der Waals surface area (Å²) < 4.78 is 21.4. The van der Waals surface area contributed by atoms with Crippen LogP contribution in [0.15, 0.2) is 48.7 Å². The van der Waals surface area contributed by atoms with Crippen molar-refractivity contribution in [2.75, 3.05) is 26.3 Å². The lowest BCUT2D eigenvalue weighted by Crippen LogP contribution is -2.40. The Bertz CT molecular complexity index is 841. The minimum absolute atomic E-state index is 0.000743. The smallest absolute Gasteiger partial charge is 0.195 e. The molecule has 0 bridgehead atoms. The van der Waals surface area contributed by atoms with Gasteiger partial charge in [0, 0.05) is 37.3 Å². The van der Waals surface area contributed by atoms with E-state index >= 15 is 4.39 Å². The van der Waals surface area contributed by atoms with E-state index in [2.05, 4.69) is 22.0 Å². The van der Waals surface area contributed by atoms with E-state index in [-0.39, 0.29) is 30.9 Å². The Kier molecular flexibility index (Phi) is 6.04. The third kappa shape index (κ3) is 4.10. The van der Waals surface area contributed by atoms with Gasteiger partial charge in [-0.1, -0.05) is 36.4 Å². The largest absolute Gasteiger partial charge is 0.387 e. The molecule has 4 rings (SSSR count). The first-order valence-corrected chi connectivity index (χ1v) is 10.3. The molecule has 2 aliphatic rings. The van der Waals surface area contributed by atoms with Crippen LogP contribution in [-0.4, -0.2) is 47.1 Å². The van der Waals surface area contributed by atoms with Gasteiger partial charge in [-0.2, -0.15) is 0 Å². The van der Waals surface area contributed by atoms with Gasteiger partial charge in [-0.25, -0.2) is 4.39 Å². The summed E-state index contributed by atoms with van der Waals surface area (Å²) in [6.07, 6.45) is 1.61. The lowest BCUT2D eigenvalue weighted by atomic mass is 9.77. The van der Waals surface area contributed by atoms with Gasteiger partial charge in [0.2, 0.25) is 0 Å². The summed E-state index contributed by atoms with van der Waals surface area (Å²) in [6.45, 7) is 2.93. The zero-order valence-electron chi connectivity index (χ0n) is 16.5. The van der Waals surface area contributed by atoms with Crippen molar-refractivity contribution < 1.29 is 19.0 Å². The van der Waals surface area contributed by atoms with Crippen LogP contribution in [0.5, 0.6) is 0 Å². The molecule has 1 aliphatic heterocycles. The number of rotatable bonds is 6. The van der Waals surface area contributed by atoms with Gasteiger partial charge in [0.25, 0.3) is 0 Å². The Hall–Kier alpha value is -2.15. The summed E-state index contributed by atoms with van der Waals surface area (Å²) in [5.74, 6) is -0.423. The van der Waals surface area contributed by atoms with Crippen LogP contribution in [0.1, 0.15) is 54.6 Å². The molecule has 154 valence electrons. The molecule has 1 aromatic carbocycles. The topological polar surface area (TPSA) is 62.7 Å². The number of Topliss-reactive ketones (excluding diaryl/α,β-unsaturated/α-hetero) is 1. The number of ether oxygens (including phenoxy) is 1. The highest BCUT2D eigenvalue weighted by Crippen LogP contribution is 2.44. The second-order valence-electron chi connectivity index (χ2n) is 7.83. The van der Waals surface area contributed by atoms with E-state index in [0.717, 1.165) is 18.7 Å². The predicted octanol–water partition coefficient (Wildman–Crippen LogP) is 3.50. The number of fused-ring (bicyclic) bond motifs is 1. The number of pyridine rings is 1. The van der Waals surface area contributed by atoms with Crippen molar-refractivity contribution in [3.63, 3.8) is 0 Å². The highest BCUT2D eigenvalue weighted by Gasteiger charge is 2.46. The standard InChI is InChI=1S/C23H27FN2O3/c24-23(11-10-20(27)22-18(23)7-4-12-25-22)21(28)9-8-19(17-5-2-1-3-6-17)26-13-15-29-16-14-26/h1-7,12,19-20,27H,8-11,13-16H2/t19?,20-,23-/m0/s1. The quantitative estimate of drug-likeness (QED) is 0.807. The number of morpholine rings is 1. The zero-order valence-corrected chi connectivity index (χ0v) is 16.5. The van der Waals surface area contributed by atoms with Crippen LogP contribution in [0.2, 0.25) is 0 Å². The van der Waals surface area contributed by atoms with Crippen molar-refractivity contribution in [3.05, 3.63) is 65.5 Å². The van der Waals surface area contributed by atoms with Crippen molar-refractivity contribution >= 4 is 5.78 Å². The molecule has 0 saturated carbocycles. The van der Waals surface area contributed by atoms with Crippen LogP contribution in [0, 0.1) is 0 Å². The van der Waals surface area contributed by atoms with E-state index in [1.807, 2.05) is 18.2 Å². The molecule has 5 nitrogen and oxygen atoms in total. The number of aromatic nitrogens is 1. The van der Waals surface area contributed by atoms with E-state index in [9.17, 15) is 9.90 Å². The Labute approximate surface area is 170 Å². The van der Waals surface area contributed by atoms with E-state index in [0.29, 0.717) is 25.3 Å². The maximum atomic E-state index is 15.9. The molecule has 1 fully saturated rings. The number of carbonyl (C=O) groups excluding carboxylic acids is 1.